The van der Waals surface area contributed by atoms with Crippen molar-refractivity contribution in [3.05, 3.63) is 33.1 Å². The number of aliphatic hydroxyl groups excluding tert-OH is 1. The molecule has 0 aromatic carbocycles. The highest BCUT2D eigenvalue weighted by atomic mass is 32.5. The van der Waals surface area contributed by atoms with E-state index >= 15 is 0 Å². The molecule has 1 aromatic heterocycles. The number of hydrogen-bond acceptors (Lipinski definition) is 11. The van der Waals surface area contributed by atoms with Crippen LogP contribution in [-0.2, 0) is 43.6 Å². The Kier molecular flexibility index (Phi) is 6.97. The van der Waals surface area contributed by atoms with Gasteiger partial charge in [0, 0.05) is 18.7 Å². The van der Waals surface area contributed by atoms with Gasteiger partial charge in [0.15, 0.2) is 6.23 Å². The fraction of sp³-hybridized carbons (Fsp3) is 0.636. The molecule has 0 aliphatic carbocycles. The predicted octanol–water partition coefficient (Wildman–Crippen LogP) is -1.59. The zero-order valence-corrected chi connectivity index (χ0v) is 18.6. The topological polar surface area (TPSA) is 236 Å². The minimum Gasteiger partial charge on any atom is -0.387 e. The van der Waals surface area contributed by atoms with Gasteiger partial charge in [-0.05, 0) is 11.8 Å². The Labute approximate surface area is 177 Å². The van der Waals surface area contributed by atoms with Crippen LogP contribution in [0.3, 0.4) is 0 Å². The molecule has 20 heteroatoms. The lowest BCUT2D eigenvalue weighted by molar-refractivity contribution is -0.140. The molecule has 2 aliphatic rings. The van der Waals surface area contributed by atoms with E-state index in [1.54, 1.807) is 0 Å². The van der Waals surface area contributed by atoms with Crippen molar-refractivity contribution in [2.24, 2.45) is 0 Å². The molecular weight excluding hydrogens is 509 g/mol. The number of phosphoric acid groups is 2. The van der Waals surface area contributed by atoms with Crippen molar-refractivity contribution in [2.75, 3.05) is 13.2 Å². The van der Waals surface area contributed by atoms with E-state index in [9.17, 15) is 33.6 Å². The number of aliphatic hydroxyl groups is 1. The van der Waals surface area contributed by atoms with Crippen molar-refractivity contribution in [3.8, 4) is 0 Å². The standard InChI is InChI=1S/C11H17N2O14P3S/c14-6-1-3-13(10(16)12-6)9-7-8(15)11(25-9,2-4-23-7)5-24-30(22,31)27-29(20,21)26-28(17,18)19/h1,3,7-9,15H,2,4-5H2,(H,20,21)(H,22,31)(H,12,14,16)(H2,17,18,19)/t7-,8+,9-,11-,30?/m1/s1. The second kappa shape index (κ2) is 8.63. The third-order valence-electron chi connectivity index (χ3n) is 4.34. The van der Waals surface area contributed by atoms with E-state index in [2.05, 4.69) is 20.4 Å². The first-order valence-corrected chi connectivity index (χ1v) is 13.8. The van der Waals surface area contributed by atoms with E-state index in [1.165, 1.54) is 0 Å². The SMILES string of the molecule is O=c1ccn([C@@H]2O[C@@]3(COP(O)(=S)OP(=O)(O)OP(=O)(O)O)CCO[C@@H]2[C@@H]3O)c(=O)[nH]1. The summed E-state index contributed by atoms with van der Waals surface area (Å²) in [6, 6.07) is 1.05. The van der Waals surface area contributed by atoms with Gasteiger partial charge in [-0.25, -0.2) is 18.2 Å². The molecule has 3 rings (SSSR count). The highest BCUT2D eigenvalue weighted by Gasteiger charge is 2.59. The van der Waals surface area contributed by atoms with E-state index in [0.29, 0.717) is 0 Å². The number of fused-ring (bicyclic) bond motifs is 2. The fourth-order valence-corrected chi connectivity index (χ4v) is 7.10. The molecule has 6 atom stereocenters. The van der Waals surface area contributed by atoms with Crippen LogP contribution in [0.15, 0.2) is 21.9 Å². The molecule has 2 bridgehead atoms. The summed E-state index contributed by atoms with van der Waals surface area (Å²) in [5.41, 5.74) is -3.11. The van der Waals surface area contributed by atoms with Crippen LogP contribution < -0.4 is 11.2 Å². The van der Waals surface area contributed by atoms with Crippen LogP contribution in [-0.4, -0.2) is 65.3 Å². The Morgan fingerprint density at radius 1 is 1.26 bits per heavy atom. The smallest absolute Gasteiger partial charge is 0.387 e. The maximum absolute atomic E-state index is 12.1. The minimum absolute atomic E-state index is 0.0225. The number of aromatic amines is 1. The van der Waals surface area contributed by atoms with E-state index in [1.807, 2.05) is 4.98 Å². The third kappa shape index (κ3) is 5.85. The van der Waals surface area contributed by atoms with Crippen molar-refractivity contribution in [1.82, 2.24) is 9.55 Å². The van der Waals surface area contributed by atoms with Gasteiger partial charge in [0.2, 0.25) is 0 Å². The Balaban J connectivity index is 1.77. The quantitative estimate of drug-likeness (QED) is 0.210. The van der Waals surface area contributed by atoms with Crippen LogP contribution in [0, 0.1) is 0 Å². The van der Waals surface area contributed by atoms with Gasteiger partial charge in [0.25, 0.3) is 5.56 Å². The van der Waals surface area contributed by atoms with Gasteiger partial charge in [-0.2, -0.15) is 4.31 Å². The average Bonchev–Trinajstić information content (AvgIpc) is 2.73. The molecule has 2 fully saturated rings. The summed E-state index contributed by atoms with van der Waals surface area (Å²) in [4.78, 5) is 61.9. The first-order chi connectivity index (χ1) is 14.1. The number of ether oxygens (including phenoxy) is 2. The molecule has 0 radical (unpaired) electrons. The van der Waals surface area contributed by atoms with Crippen molar-refractivity contribution in [1.29, 1.82) is 0 Å². The normalized spacial score (nSPS) is 32.4. The second-order valence-corrected chi connectivity index (χ2v) is 12.3. The molecule has 16 nitrogen and oxygen atoms in total. The molecule has 3 heterocycles. The van der Waals surface area contributed by atoms with Crippen LogP contribution in [0.1, 0.15) is 12.6 Å². The molecule has 2 saturated heterocycles. The fourth-order valence-electron chi connectivity index (χ4n) is 3.11. The summed E-state index contributed by atoms with van der Waals surface area (Å²) in [6.07, 6.45) is -2.61. The molecule has 2 unspecified atom stereocenters. The zero-order chi connectivity index (χ0) is 23.2. The maximum atomic E-state index is 12.1. The van der Waals surface area contributed by atoms with Crippen LogP contribution in [0.2, 0.25) is 0 Å². The zero-order valence-electron chi connectivity index (χ0n) is 15.1. The number of H-pyrrole nitrogens is 1. The molecule has 1 aromatic rings. The average molecular weight is 526 g/mol. The van der Waals surface area contributed by atoms with Crippen LogP contribution in [0.5, 0.6) is 0 Å². The highest BCUT2D eigenvalue weighted by Crippen LogP contribution is 2.66. The van der Waals surface area contributed by atoms with Crippen molar-refractivity contribution >= 4 is 34.2 Å². The predicted molar refractivity (Wildman–Crippen MR) is 101 cm³/mol. The number of rotatable bonds is 8. The molecule has 176 valence electrons. The monoisotopic (exact) mass is 526 g/mol. The van der Waals surface area contributed by atoms with Gasteiger partial charge in [-0.15, -0.1) is 0 Å². The lowest BCUT2D eigenvalue weighted by atomic mass is 9.90. The molecule has 0 saturated carbocycles. The van der Waals surface area contributed by atoms with E-state index in [0.717, 1.165) is 16.8 Å². The van der Waals surface area contributed by atoms with E-state index in [4.69, 9.17) is 23.8 Å². The summed E-state index contributed by atoms with van der Waals surface area (Å²) in [5, 5.41) is 10.6. The van der Waals surface area contributed by atoms with E-state index in [-0.39, 0.29) is 13.0 Å². The Morgan fingerprint density at radius 3 is 2.55 bits per heavy atom. The van der Waals surface area contributed by atoms with E-state index < -0.39 is 64.3 Å². The summed E-state index contributed by atoms with van der Waals surface area (Å²) in [6.45, 7) is -5.33. The number of hydrogen-bond donors (Lipinski definition) is 6. The Bertz CT molecular complexity index is 1100. The van der Waals surface area contributed by atoms with Gasteiger partial charge in [-0.3, -0.25) is 14.3 Å². The van der Waals surface area contributed by atoms with Crippen LogP contribution in [0.25, 0.3) is 0 Å². The summed E-state index contributed by atoms with van der Waals surface area (Å²) < 4.78 is 47.1. The van der Waals surface area contributed by atoms with Gasteiger partial charge in [-0.1, -0.05) is 0 Å². The van der Waals surface area contributed by atoms with Crippen LogP contribution >= 0.6 is 22.4 Å². The van der Waals surface area contributed by atoms with Gasteiger partial charge < -0.3 is 38.7 Å². The number of nitrogens with one attached hydrogen (secondary N) is 1. The lowest BCUT2D eigenvalue weighted by Gasteiger charge is -2.35. The third-order valence-corrected chi connectivity index (χ3v) is 9.03. The largest absolute Gasteiger partial charge is 0.488 e. The lowest BCUT2D eigenvalue weighted by Crippen LogP contribution is -2.51. The molecule has 2 aliphatic heterocycles. The van der Waals surface area contributed by atoms with Gasteiger partial charge >= 0.3 is 28.1 Å². The minimum atomic E-state index is -5.51. The second-order valence-electron chi connectivity index (χ2n) is 6.49. The molecule has 31 heavy (non-hydrogen) atoms. The molecule has 0 amide bonds. The summed E-state index contributed by atoms with van der Waals surface area (Å²) in [7, 11) is -11.0. The maximum Gasteiger partial charge on any atom is 0.488 e. The number of nitrogens with zero attached hydrogens (tertiary/aromatic N) is 1. The van der Waals surface area contributed by atoms with Gasteiger partial charge in [0.05, 0.1) is 13.2 Å². The summed E-state index contributed by atoms with van der Waals surface area (Å²) >= 11 is 4.55. The van der Waals surface area contributed by atoms with Gasteiger partial charge in [0.1, 0.15) is 17.8 Å². The first-order valence-electron chi connectivity index (χ1n) is 8.20. The van der Waals surface area contributed by atoms with Crippen molar-refractivity contribution in [3.63, 3.8) is 0 Å². The first kappa shape index (κ1) is 25.0. The molecule has 6 N–H and O–H groups in total. The van der Waals surface area contributed by atoms with Crippen LogP contribution in [0.4, 0.5) is 0 Å². The Morgan fingerprint density at radius 2 is 1.94 bits per heavy atom. The molecule has 0 spiro atoms. The van der Waals surface area contributed by atoms with Crippen molar-refractivity contribution < 1.29 is 56.4 Å². The highest BCUT2D eigenvalue weighted by molar-refractivity contribution is 8.08. The molecular formula is C11H17N2O14P3S. The summed E-state index contributed by atoms with van der Waals surface area (Å²) in [5.74, 6) is 0. The Hall–Kier alpha value is -0.610. The van der Waals surface area contributed by atoms with Crippen molar-refractivity contribution in [2.45, 2.75) is 30.5 Å². The number of aromatic nitrogens is 2.